The van der Waals surface area contributed by atoms with E-state index in [0.29, 0.717) is 0 Å². The second-order valence-electron chi connectivity index (χ2n) is 3.93. The zero-order chi connectivity index (χ0) is 13.5. The maximum absolute atomic E-state index is 8.62. The van der Waals surface area contributed by atoms with Crippen LogP contribution in [0.4, 0.5) is 0 Å². The lowest BCUT2D eigenvalue weighted by Crippen LogP contribution is -2.03. The molecule has 0 radical (unpaired) electrons. The predicted octanol–water partition coefficient (Wildman–Crippen LogP) is 5.26. The van der Waals surface area contributed by atoms with Crippen molar-refractivity contribution < 1.29 is 0 Å². The van der Waals surface area contributed by atoms with Gasteiger partial charge < -0.3 is 0 Å². The zero-order valence-corrected chi connectivity index (χ0v) is 13.6. The van der Waals surface area contributed by atoms with Gasteiger partial charge in [0.15, 0.2) is 0 Å². The highest BCUT2D eigenvalue weighted by molar-refractivity contribution is 14.1. The summed E-state index contributed by atoms with van der Waals surface area (Å²) in [5.41, 5.74) is 10.6. The molecule has 1 heterocycles. The Labute approximate surface area is 125 Å². The molecule has 1 atom stereocenters. The van der Waals surface area contributed by atoms with Crippen molar-refractivity contribution in [2.45, 2.75) is 33.2 Å². The lowest BCUT2D eigenvalue weighted by molar-refractivity contribution is 0.779. The van der Waals surface area contributed by atoms with E-state index >= 15 is 0 Å². The van der Waals surface area contributed by atoms with Crippen molar-refractivity contribution in [2.75, 3.05) is 0 Å². The van der Waals surface area contributed by atoms with E-state index in [2.05, 4.69) is 43.7 Å². The minimum Gasteiger partial charge on any atom is -0.242 e. The van der Waals surface area contributed by atoms with Crippen LogP contribution in [-0.2, 0) is 0 Å². The van der Waals surface area contributed by atoms with Crippen molar-refractivity contribution in [3.63, 3.8) is 0 Å². The first-order valence-corrected chi connectivity index (χ1v) is 7.45. The van der Waals surface area contributed by atoms with Gasteiger partial charge >= 0.3 is 0 Å². The maximum atomic E-state index is 8.62. The van der Waals surface area contributed by atoms with Crippen LogP contribution in [0.2, 0.25) is 0 Å². The van der Waals surface area contributed by atoms with E-state index in [9.17, 15) is 0 Å². The van der Waals surface area contributed by atoms with Gasteiger partial charge in [-0.25, -0.2) is 4.98 Å². The van der Waals surface area contributed by atoms with Crippen LogP contribution in [0.5, 0.6) is 0 Å². The maximum Gasteiger partial charge on any atom is 0.0901 e. The Morgan fingerprint density at radius 2 is 2.39 bits per heavy atom. The number of thiazole rings is 1. The third kappa shape index (κ3) is 5.20. The summed E-state index contributed by atoms with van der Waals surface area (Å²) in [5.74, 6) is 0. The van der Waals surface area contributed by atoms with Crippen molar-refractivity contribution in [3.05, 3.63) is 41.8 Å². The summed E-state index contributed by atoms with van der Waals surface area (Å²) in [4.78, 5) is 7.30. The SMILES string of the molecule is C/C(I)=C/C[C@H](N=[N+]=[N-])/C(C)=C/c1csc(C)n1. The Morgan fingerprint density at radius 3 is 2.89 bits per heavy atom. The average molecular weight is 374 g/mol. The Kier molecular flexibility index (Phi) is 6.38. The predicted molar refractivity (Wildman–Crippen MR) is 85.8 cm³/mol. The number of aromatic nitrogens is 1. The highest BCUT2D eigenvalue weighted by Crippen LogP contribution is 2.19. The highest BCUT2D eigenvalue weighted by atomic mass is 127. The van der Waals surface area contributed by atoms with Gasteiger partial charge in [0.1, 0.15) is 0 Å². The van der Waals surface area contributed by atoms with Crippen LogP contribution in [0, 0.1) is 6.92 Å². The Hall–Kier alpha value is -0.850. The van der Waals surface area contributed by atoms with Gasteiger partial charge in [-0.05, 0) is 65.0 Å². The topological polar surface area (TPSA) is 61.7 Å². The third-order valence-corrected chi connectivity index (χ3v) is 3.58. The number of aryl methyl sites for hydroxylation is 1. The molecule has 0 aliphatic heterocycles. The Morgan fingerprint density at radius 1 is 1.67 bits per heavy atom. The van der Waals surface area contributed by atoms with Gasteiger partial charge in [0.25, 0.3) is 0 Å². The molecular weight excluding hydrogens is 359 g/mol. The van der Waals surface area contributed by atoms with E-state index in [1.54, 1.807) is 11.3 Å². The van der Waals surface area contributed by atoms with Crippen LogP contribution >= 0.6 is 33.9 Å². The van der Waals surface area contributed by atoms with Gasteiger partial charge in [-0.3, -0.25) is 0 Å². The molecular formula is C12H15IN4S. The van der Waals surface area contributed by atoms with E-state index in [1.807, 2.05) is 32.2 Å². The molecule has 0 saturated heterocycles. The fourth-order valence-corrected chi connectivity index (χ4v) is 2.26. The molecule has 18 heavy (non-hydrogen) atoms. The molecule has 0 fully saturated rings. The zero-order valence-electron chi connectivity index (χ0n) is 10.6. The average Bonchev–Trinajstić information content (AvgIpc) is 2.69. The van der Waals surface area contributed by atoms with Crippen LogP contribution < -0.4 is 0 Å². The van der Waals surface area contributed by atoms with Crippen molar-refractivity contribution in [1.82, 2.24) is 4.98 Å². The Bertz CT molecular complexity index is 508. The molecule has 0 aliphatic rings. The number of hydrogen-bond acceptors (Lipinski definition) is 3. The first kappa shape index (κ1) is 15.2. The second kappa shape index (κ2) is 7.56. The van der Waals surface area contributed by atoms with E-state index in [4.69, 9.17) is 5.53 Å². The molecule has 0 aromatic carbocycles. The smallest absolute Gasteiger partial charge is 0.0901 e. The van der Waals surface area contributed by atoms with Crippen molar-refractivity contribution in [1.29, 1.82) is 0 Å². The number of rotatable bonds is 5. The van der Waals surface area contributed by atoms with Crippen LogP contribution in [0.3, 0.4) is 0 Å². The van der Waals surface area contributed by atoms with Crippen molar-refractivity contribution >= 4 is 40.0 Å². The van der Waals surface area contributed by atoms with E-state index < -0.39 is 0 Å². The minimum absolute atomic E-state index is 0.137. The van der Waals surface area contributed by atoms with Crippen LogP contribution in [0.1, 0.15) is 31.0 Å². The lowest BCUT2D eigenvalue weighted by Gasteiger charge is -2.08. The Balaban J connectivity index is 2.88. The fraction of sp³-hybridized carbons (Fsp3) is 0.417. The molecule has 0 N–H and O–H groups in total. The van der Waals surface area contributed by atoms with Gasteiger partial charge in [0, 0.05) is 10.3 Å². The van der Waals surface area contributed by atoms with E-state index in [0.717, 1.165) is 22.7 Å². The number of hydrogen-bond donors (Lipinski definition) is 0. The van der Waals surface area contributed by atoms with E-state index in [-0.39, 0.29) is 6.04 Å². The largest absolute Gasteiger partial charge is 0.242 e. The lowest BCUT2D eigenvalue weighted by atomic mass is 10.1. The van der Waals surface area contributed by atoms with Gasteiger partial charge in [0.05, 0.1) is 16.7 Å². The first-order valence-electron chi connectivity index (χ1n) is 5.49. The summed E-state index contributed by atoms with van der Waals surface area (Å²) in [6.07, 6.45) is 4.78. The summed E-state index contributed by atoms with van der Waals surface area (Å²) in [6, 6.07) is -0.137. The molecule has 1 rings (SSSR count). The molecule has 1 aromatic rings. The quantitative estimate of drug-likeness (QED) is 0.300. The molecule has 96 valence electrons. The fourth-order valence-electron chi connectivity index (χ4n) is 1.44. The molecule has 0 spiro atoms. The highest BCUT2D eigenvalue weighted by Gasteiger charge is 2.08. The second-order valence-corrected chi connectivity index (χ2v) is 6.69. The van der Waals surface area contributed by atoms with Gasteiger partial charge in [-0.2, -0.15) is 0 Å². The summed E-state index contributed by atoms with van der Waals surface area (Å²) in [7, 11) is 0. The minimum atomic E-state index is -0.137. The van der Waals surface area contributed by atoms with Crippen LogP contribution in [0.25, 0.3) is 16.5 Å². The number of azide groups is 1. The molecule has 0 amide bonds. The van der Waals surface area contributed by atoms with E-state index in [1.165, 1.54) is 3.58 Å². The summed E-state index contributed by atoms with van der Waals surface area (Å²) in [6.45, 7) is 5.98. The molecule has 0 aliphatic carbocycles. The molecule has 4 nitrogen and oxygen atoms in total. The van der Waals surface area contributed by atoms with Gasteiger partial charge in [-0.15, -0.1) is 11.3 Å². The van der Waals surface area contributed by atoms with Gasteiger partial charge in [-0.1, -0.05) is 16.8 Å². The number of nitrogens with zero attached hydrogens (tertiary/aromatic N) is 4. The summed E-state index contributed by atoms with van der Waals surface area (Å²) >= 11 is 3.87. The molecule has 1 aromatic heterocycles. The normalized spacial score (nSPS) is 14.2. The molecule has 0 unspecified atom stereocenters. The molecule has 0 bridgehead atoms. The summed E-state index contributed by atoms with van der Waals surface area (Å²) in [5, 5.41) is 6.88. The number of allylic oxidation sites excluding steroid dienone is 1. The number of halogens is 1. The first-order chi connectivity index (χ1) is 8.52. The molecule has 6 heteroatoms. The van der Waals surface area contributed by atoms with Crippen molar-refractivity contribution in [2.24, 2.45) is 5.11 Å². The van der Waals surface area contributed by atoms with Crippen LogP contribution in [-0.4, -0.2) is 11.0 Å². The van der Waals surface area contributed by atoms with Gasteiger partial charge in [0.2, 0.25) is 0 Å². The monoisotopic (exact) mass is 374 g/mol. The third-order valence-electron chi connectivity index (χ3n) is 2.35. The standard InChI is InChI=1S/C12H15IN4S/c1-8(6-11-7-18-10(3)15-11)12(16-17-14)5-4-9(2)13/h4,6-7,12H,5H2,1-3H3/b8-6+,9-4-/t12-/m0/s1. The summed E-state index contributed by atoms with van der Waals surface area (Å²) < 4.78 is 1.20. The molecule has 0 saturated carbocycles. The van der Waals surface area contributed by atoms with Crippen molar-refractivity contribution in [3.8, 4) is 0 Å². The van der Waals surface area contributed by atoms with Crippen LogP contribution in [0.15, 0.2) is 25.7 Å².